The molecule has 1 aliphatic rings. The standard InChI is InChI=1S/C3H9O4P/c4-8(5,6)2-3-1-7-3/h3-6,8H,1-2H2. The first kappa shape index (κ1) is 6.39. The molecule has 8 heavy (non-hydrogen) atoms. The Hall–Kier alpha value is 0.270. The van der Waals surface area contributed by atoms with Crippen LogP contribution in [0.3, 0.4) is 0 Å². The Bertz CT molecular complexity index is 83.8. The van der Waals surface area contributed by atoms with E-state index in [-0.39, 0.29) is 12.3 Å². The molecule has 1 rings (SSSR count). The van der Waals surface area contributed by atoms with Crippen molar-refractivity contribution in [1.82, 2.24) is 0 Å². The number of epoxide rings is 1. The minimum atomic E-state index is -3.78. The maximum atomic E-state index is 8.40. The van der Waals surface area contributed by atoms with Crippen molar-refractivity contribution < 1.29 is 19.4 Å². The molecule has 3 N–H and O–H groups in total. The molecule has 0 amide bonds. The Morgan fingerprint density at radius 2 is 2.00 bits per heavy atom. The Kier molecular flexibility index (Phi) is 1.52. The van der Waals surface area contributed by atoms with E-state index in [1.807, 2.05) is 0 Å². The molecule has 0 radical (unpaired) electrons. The van der Waals surface area contributed by atoms with Crippen LogP contribution in [-0.2, 0) is 4.74 Å². The molecule has 0 bridgehead atoms. The third-order valence-electron chi connectivity index (χ3n) is 0.904. The Morgan fingerprint density at radius 3 is 2.12 bits per heavy atom. The zero-order valence-electron chi connectivity index (χ0n) is 4.24. The first-order valence-corrected chi connectivity index (χ1v) is 4.41. The minimum absolute atomic E-state index is 0.0208. The quantitative estimate of drug-likeness (QED) is 0.334. The first-order valence-electron chi connectivity index (χ1n) is 2.37. The van der Waals surface area contributed by atoms with Gasteiger partial charge in [0.1, 0.15) is 0 Å². The van der Waals surface area contributed by atoms with Crippen LogP contribution >= 0.6 is 7.94 Å². The predicted octanol–water partition coefficient (Wildman–Crippen LogP) is -1.14. The molecule has 0 aromatic carbocycles. The zero-order chi connectivity index (χ0) is 6.20. The Balaban J connectivity index is 2.16. The molecule has 1 saturated heterocycles. The molecule has 1 unspecified atom stereocenters. The molecule has 0 saturated carbocycles. The van der Waals surface area contributed by atoms with Gasteiger partial charge in [-0.2, -0.15) is 0 Å². The summed E-state index contributed by atoms with van der Waals surface area (Å²) >= 11 is 0. The third kappa shape index (κ3) is 2.55. The van der Waals surface area contributed by atoms with Crippen LogP contribution < -0.4 is 0 Å². The van der Waals surface area contributed by atoms with Gasteiger partial charge in [0.15, 0.2) is 0 Å². The second kappa shape index (κ2) is 1.90. The summed E-state index contributed by atoms with van der Waals surface area (Å²) in [6.45, 7) is 0.552. The molecule has 50 valence electrons. The SMILES string of the molecule is O[PH](O)(O)CC1CO1. The van der Waals surface area contributed by atoms with Gasteiger partial charge in [-0.1, -0.05) is 0 Å². The van der Waals surface area contributed by atoms with Crippen LogP contribution in [0.15, 0.2) is 0 Å². The van der Waals surface area contributed by atoms with Gasteiger partial charge in [-0.25, -0.2) is 0 Å². The first-order chi connectivity index (χ1) is 3.58. The van der Waals surface area contributed by atoms with Gasteiger partial charge in [0.25, 0.3) is 0 Å². The molecule has 1 heterocycles. The van der Waals surface area contributed by atoms with Crippen LogP contribution in [0.25, 0.3) is 0 Å². The summed E-state index contributed by atoms with van der Waals surface area (Å²) in [6, 6.07) is 0. The topological polar surface area (TPSA) is 73.2 Å². The molecule has 0 aromatic rings. The summed E-state index contributed by atoms with van der Waals surface area (Å²) in [5.74, 6) is 0. The fraction of sp³-hybridized carbons (Fsp3) is 1.00. The van der Waals surface area contributed by atoms with Crippen molar-refractivity contribution in [3.05, 3.63) is 0 Å². The zero-order valence-corrected chi connectivity index (χ0v) is 5.24. The predicted molar refractivity (Wildman–Crippen MR) is 29.6 cm³/mol. The molecule has 0 aromatic heterocycles. The van der Waals surface area contributed by atoms with E-state index >= 15 is 0 Å². The van der Waals surface area contributed by atoms with E-state index in [0.29, 0.717) is 6.61 Å². The number of ether oxygens (including phenoxy) is 1. The van der Waals surface area contributed by atoms with Gasteiger partial charge in [-0.15, -0.1) is 0 Å². The molecular weight excluding hydrogens is 131 g/mol. The summed E-state index contributed by atoms with van der Waals surface area (Å²) in [5, 5.41) is 0. The van der Waals surface area contributed by atoms with Crippen LogP contribution in [0.5, 0.6) is 0 Å². The van der Waals surface area contributed by atoms with Crippen LogP contribution in [-0.4, -0.2) is 33.6 Å². The van der Waals surface area contributed by atoms with Gasteiger partial charge >= 0.3 is 46.2 Å². The average Bonchev–Trinajstić information content (AvgIpc) is 2.12. The monoisotopic (exact) mass is 140 g/mol. The second-order valence-electron chi connectivity index (χ2n) is 1.93. The van der Waals surface area contributed by atoms with Gasteiger partial charge in [-0.05, 0) is 0 Å². The van der Waals surface area contributed by atoms with Crippen molar-refractivity contribution in [2.45, 2.75) is 6.10 Å². The number of hydrogen-bond donors (Lipinski definition) is 3. The molecule has 5 heteroatoms. The van der Waals surface area contributed by atoms with Crippen LogP contribution in [0, 0.1) is 0 Å². The van der Waals surface area contributed by atoms with E-state index in [2.05, 4.69) is 4.74 Å². The van der Waals surface area contributed by atoms with Crippen molar-refractivity contribution >= 4 is 7.94 Å². The Morgan fingerprint density at radius 1 is 1.50 bits per heavy atom. The van der Waals surface area contributed by atoms with E-state index in [9.17, 15) is 0 Å². The second-order valence-corrected chi connectivity index (χ2v) is 3.89. The molecule has 1 atom stereocenters. The summed E-state index contributed by atoms with van der Waals surface area (Å²) in [4.78, 5) is 25.2. The van der Waals surface area contributed by atoms with E-state index in [0.717, 1.165) is 0 Å². The summed E-state index contributed by atoms with van der Waals surface area (Å²) in [6.07, 6.45) is -0.0748. The van der Waals surface area contributed by atoms with Gasteiger partial charge < -0.3 is 0 Å². The van der Waals surface area contributed by atoms with E-state index in [1.54, 1.807) is 0 Å². The van der Waals surface area contributed by atoms with Gasteiger partial charge in [-0.3, -0.25) is 0 Å². The van der Waals surface area contributed by atoms with E-state index in [4.69, 9.17) is 14.7 Å². The summed E-state index contributed by atoms with van der Waals surface area (Å²) < 4.78 is 4.64. The molecule has 4 nitrogen and oxygen atoms in total. The molecular formula is C3H9O4P. The van der Waals surface area contributed by atoms with Crippen molar-refractivity contribution in [2.24, 2.45) is 0 Å². The summed E-state index contributed by atoms with van der Waals surface area (Å²) in [7, 11) is -3.78. The number of hydrogen-bond acceptors (Lipinski definition) is 4. The van der Waals surface area contributed by atoms with Crippen LogP contribution in [0.2, 0.25) is 0 Å². The van der Waals surface area contributed by atoms with Gasteiger partial charge in [0, 0.05) is 0 Å². The molecule has 0 aliphatic carbocycles. The van der Waals surface area contributed by atoms with E-state index < -0.39 is 7.94 Å². The summed E-state index contributed by atoms with van der Waals surface area (Å²) in [5.41, 5.74) is 0. The van der Waals surface area contributed by atoms with Crippen molar-refractivity contribution in [3.63, 3.8) is 0 Å². The van der Waals surface area contributed by atoms with Crippen LogP contribution in [0.1, 0.15) is 0 Å². The van der Waals surface area contributed by atoms with Crippen molar-refractivity contribution in [1.29, 1.82) is 0 Å². The van der Waals surface area contributed by atoms with Crippen molar-refractivity contribution in [2.75, 3.05) is 12.8 Å². The van der Waals surface area contributed by atoms with Gasteiger partial charge in [0.2, 0.25) is 0 Å². The molecule has 1 fully saturated rings. The van der Waals surface area contributed by atoms with Gasteiger partial charge in [0.05, 0.1) is 0 Å². The fourth-order valence-electron chi connectivity index (χ4n) is 0.491. The molecule has 1 aliphatic heterocycles. The van der Waals surface area contributed by atoms with Crippen LogP contribution in [0.4, 0.5) is 0 Å². The fourth-order valence-corrected chi connectivity index (χ4v) is 1.34. The Labute approximate surface area is 47.3 Å². The normalized spacial score (nSPS) is 30.1. The maximum absolute atomic E-state index is 8.40. The van der Waals surface area contributed by atoms with E-state index in [1.165, 1.54) is 0 Å². The average molecular weight is 140 g/mol. The van der Waals surface area contributed by atoms with Crippen molar-refractivity contribution in [3.8, 4) is 0 Å². The third-order valence-corrected chi connectivity index (χ3v) is 1.91. The molecule has 0 spiro atoms. The number of rotatable bonds is 2.